The normalized spacial score (nSPS) is 26.8. The first-order valence-electron chi connectivity index (χ1n) is 5.27. The molecule has 0 spiro atoms. The molecule has 1 heterocycles. The Labute approximate surface area is 79.5 Å². The Balaban J connectivity index is 1.83. The maximum Gasteiger partial charge on any atom is 0.240 e. The Hall–Kier alpha value is -0.570. The molecule has 3 heteroatoms. The molecule has 1 aliphatic heterocycles. The van der Waals surface area contributed by atoms with E-state index in [1.807, 2.05) is 0 Å². The van der Waals surface area contributed by atoms with Gasteiger partial charge in [-0.3, -0.25) is 10.2 Å². The Bertz CT molecular complexity index is 205. The van der Waals surface area contributed by atoms with Crippen molar-refractivity contribution in [2.45, 2.75) is 39.0 Å². The summed E-state index contributed by atoms with van der Waals surface area (Å²) in [5, 5.41) is 2.06. The molecule has 2 rings (SSSR count). The molecule has 74 valence electrons. The van der Waals surface area contributed by atoms with E-state index in [2.05, 4.69) is 17.4 Å². The van der Waals surface area contributed by atoms with Crippen LogP contribution in [-0.2, 0) is 4.79 Å². The lowest BCUT2D eigenvalue weighted by molar-refractivity contribution is -0.139. The lowest BCUT2D eigenvalue weighted by Gasteiger charge is -2.37. The molecule has 1 amide bonds. The number of carbonyl (C=O) groups excluding carboxylic acids is 1. The van der Waals surface area contributed by atoms with Gasteiger partial charge in [0.2, 0.25) is 5.91 Å². The van der Waals surface area contributed by atoms with E-state index in [0.29, 0.717) is 0 Å². The van der Waals surface area contributed by atoms with Crippen LogP contribution in [0.3, 0.4) is 0 Å². The monoisotopic (exact) mass is 182 g/mol. The number of nitrogens with one attached hydrogen (secondary N) is 1. The van der Waals surface area contributed by atoms with Gasteiger partial charge in [-0.25, -0.2) is 5.01 Å². The van der Waals surface area contributed by atoms with Crippen LogP contribution in [0.1, 0.15) is 39.0 Å². The summed E-state index contributed by atoms with van der Waals surface area (Å²) in [5.41, 5.74) is 2.96. The minimum Gasteiger partial charge on any atom is -0.288 e. The Morgan fingerprint density at radius 2 is 1.85 bits per heavy atom. The van der Waals surface area contributed by atoms with Crippen LogP contribution >= 0.6 is 0 Å². The summed E-state index contributed by atoms with van der Waals surface area (Å²) in [7, 11) is 0. The summed E-state index contributed by atoms with van der Waals surface area (Å²) in [6.07, 6.45) is 5.78. The van der Waals surface area contributed by atoms with Crippen molar-refractivity contribution >= 4 is 5.91 Å². The fourth-order valence-corrected chi connectivity index (χ4v) is 2.04. The predicted octanol–water partition coefficient (Wildman–Crippen LogP) is 1.30. The molecule has 1 N–H and O–H groups in total. The zero-order chi connectivity index (χ0) is 9.31. The van der Waals surface area contributed by atoms with Gasteiger partial charge in [0, 0.05) is 18.5 Å². The van der Waals surface area contributed by atoms with E-state index >= 15 is 0 Å². The third-order valence-electron chi connectivity index (χ3n) is 3.37. The number of nitrogens with zero attached hydrogens (tertiary/aromatic N) is 1. The molecular formula is C10H18N2O. The SMILES string of the molecule is CC1(C(=O)NN2CCCC2)CCC1. The van der Waals surface area contributed by atoms with E-state index in [-0.39, 0.29) is 11.3 Å². The summed E-state index contributed by atoms with van der Waals surface area (Å²) in [6, 6.07) is 0. The average molecular weight is 182 g/mol. The number of hydrazine groups is 1. The van der Waals surface area contributed by atoms with Crippen molar-refractivity contribution < 1.29 is 4.79 Å². The number of rotatable bonds is 2. The van der Waals surface area contributed by atoms with Crippen molar-refractivity contribution in [2.24, 2.45) is 5.41 Å². The number of amides is 1. The van der Waals surface area contributed by atoms with Crippen molar-refractivity contribution in [1.29, 1.82) is 0 Å². The average Bonchev–Trinajstić information content (AvgIpc) is 2.52. The van der Waals surface area contributed by atoms with Gasteiger partial charge in [0.05, 0.1) is 0 Å². The van der Waals surface area contributed by atoms with Crippen LogP contribution in [0.25, 0.3) is 0 Å². The second-order valence-corrected chi connectivity index (χ2v) is 4.55. The number of hydrogen-bond donors (Lipinski definition) is 1. The summed E-state index contributed by atoms with van der Waals surface area (Å²) in [6.45, 7) is 4.13. The maximum absolute atomic E-state index is 11.8. The van der Waals surface area contributed by atoms with Gasteiger partial charge < -0.3 is 0 Å². The molecule has 0 aromatic rings. The van der Waals surface area contributed by atoms with Gasteiger partial charge in [-0.05, 0) is 25.7 Å². The molecule has 0 radical (unpaired) electrons. The van der Waals surface area contributed by atoms with Gasteiger partial charge in [-0.15, -0.1) is 0 Å². The van der Waals surface area contributed by atoms with Crippen LogP contribution in [-0.4, -0.2) is 24.0 Å². The minimum absolute atomic E-state index is 0.0530. The molecule has 13 heavy (non-hydrogen) atoms. The quantitative estimate of drug-likeness (QED) is 0.698. The molecular weight excluding hydrogens is 164 g/mol. The molecule has 3 nitrogen and oxygen atoms in total. The molecule has 0 bridgehead atoms. The van der Waals surface area contributed by atoms with Gasteiger partial charge >= 0.3 is 0 Å². The van der Waals surface area contributed by atoms with Crippen molar-refractivity contribution in [3.05, 3.63) is 0 Å². The Morgan fingerprint density at radius 1 is 1.23 bits per heavy atom. The lowest BCUT2D eigenvalue weighted by Crippen LogP contribution is -2.50. The fraction of sp³-hybridized carbons (Fsp3) is 0.900. The molecule has 0 unspecified atom stereocenters. The van der Waals surface area contributed by atoms with Crippen LogP contribution in [0.4, 0.5) is 0 Å². The number of hydrogen-bond acceptors (Lipinski definition) is 2. The molecule has 1 saturated carbocycles. The Morgan fingerprint density at radius 3 is 2.31 bits per heavy atom. The van der Waals surface area contributed by atoms with E-state index in [0.717, 1.165) is 25.9 Å². The largest absolute Gasteiger partial charge is 0.288 e. The van der Waals surface area contributed by atoms with Crippen LogP contribution in [0.5, 0.6) is 0 Å². The highest BCUT2D eigenvalue weighted by molar-refractivity contribution is 5.82. The fourth-order valence-electron chi connectivity index (χ4n) is 2.04. The van der Waals surface area contributed by atoms with Gasteiger partial charge in [-0.1, -0.05) is 13.3 Å². The molecule has 0 aromatic heterocycles. The summed E-state index contributed by atoms with van der Waals surface area (Å²) in [4.78, 5) is 11.8. The zero-order valence-corrected chi connectivity index (χ0v) is 8.31. The van der Waals surface area contributed by atoms with Gasteiger partial charge in [0.15, 0.2) is 0 Å². The van der Waals surface area contributed by atoms with E-state index in [4.69, 9.17) is 0 Å². The molecule has 2 aliphatic rings. The van der Waals surface area contributed by atoms with Crippen molar-refractivity contribution in [2.75, 3.05) is 13.1 Å². The predicted molar refractivity (Wildman–Crippen MR) is 50.9 cm³/mol. The highest BCUT2D eigenvalue weighted by Crippen LogP contribution is 2.40. The molecule has 2 fully saturated rings. The molecule has 0 atom stereocenters. The second kappa shape index (κ2) is 3.29. The first-order chi connectivity index (χ1) is 6.21. The molecule has 1 aliphatic carbocycles. The van der Waals surface area contributed by atoms with Crippen molar-refractivity contribution in [1.82, 2.24) is 10.4 Å². The van der Waals surface area contributed by atoms with Gasteiger partial charge in [0.1, 0.15) is 0 Å². The van der Waals surface area contributed by atoms with E-state index < -0.39 is 0 Å². The Kier molecular flexibility index (Phi) is 2.28. The third-order valence-corrected chi connectivity index (χ3v) is 3.37. The van der Waals surface area contributed by atoms with Gasteiger partial charge in [-0.2, -0.15) is 0 Å². The lowest BCUT2D eigenvalue weighted by atomic mass is 9.70. The van der Waals surface area contributed by atoms with E-state index in [1.165, 1.54) is 19.3 Å². The first-order valence-corrected chi connectivity index (χ1v) is 5.27. The topological polar surface area (TPSA) is 32.3 Å². The highest BCUT2D eigenvalue weighted by Gasteiger charge is 2.39. The van der Waals surface area contributed by atoms with Gasteiger partial charge in [0.25, 0.3) is 0 Å². The van der Waals surface area contributed by atoms with Crippen molar-refractivity contribution in [3.63, 3.8) is 0 Å². The second-order valence-electron chi connectivity index (χ2n) is 4.55. The minimum atomic E-state index is -0.0530. The van der Waals surface area contributed by atoms with Crippen molar-refractivity contribution in [3.8, 4) is 0 Å². The van der Waals surface area contributed by atoms with Crippen LogP contribution < -0.4 is 5.43 Å². The van der Waals surface area contributed by atoms with E-state index in [1.54, 1.807) is 0 Å². The molecule has 1 saturated heterocycles. The summed E-state index contributed by atoms with van der Waals surface area (Å²) >= 11 is 0. The van der Waals surface area contributed by atoms with Crippen LogP contribution in [0.2, 0.25) is 0 Å². The third kappa shape index (κ3) is 1.70. The number of carbonyl (C=O) groups is 1. The van der Waals surface area contributed by atoms with E-state index in [9.17, 15) is 4.79 Å². The zero-order valence-electron chi connectivity index (χ0n) is 8.31. The first kappa shape index (κ1) is 9.00. The smallest absolute Gasteiger partial charge is 0.240 e. The van der Waals surface area contributed by atoms with Crippen LogP contribution in [0, 0.1) is 5.41 Å². The van der Waals surface area contributed by atoms with Crippen LogP contribution in [0.15, 0.2) is 0 Å². The highest BCUT2D eigenvalue weighted by atomic mass is 16.2. The molecule has 0 aromatic carbocycles. The maximum atomic E-state index is 11.8. The summed E-state index contributed by atoms with van der Waals surface area (Å²) in [5.74, 6) is 0.237. The standard InChI is InChI=1S/C10H18N2O/c1-10(5-4-6-10)9(13)11-12-7-2-3-8-12/h2-8H2,1H3,(H,11,13). The summed E-state index contributed by atoms with van der Waals surface area (Å²) < 4.78 is 0.